The molecule has 0 aromatic rings. The van der Waals surface area contributed by atoms with Crippen LogP contribution in [0.15, 0.2) is 60.8 Å². The van der Waals surface area contributed by atoms with E-state index in [4.69, 9.17) is 14.2 Å². The Kier molecular flexibility index (Phi) is 65.1. The maximum Gasteiger partial charge on any atom is 0.306 e. The number of esters is 3. The van der Waals surface area contributed by atoms with Gasteiger partial charge in [-0.25, -0.2) is 0 Å². The molecule has 6 heteroatoms. The zero-order valence-corrected chi connectivity index (χ0v) is 52.9. The van der Waals surface area contributed by atoms with Gasteiger partial charge in [-0.1, -0.05) is 300 Å². The molecule has 0 spiro atoms. The van der Waals surface area contributed by atoms with E-state index >= 15 is 0 Å². The van der Waals surface area contributed by atoms with Crippen LogP contribution in [-0.2, 0) is 28.6 Å². The summed E-state index contributed by atoms with van der Waals surface area (Å²) in [4.78, 5) is 38.5. The summed E-state index contributed by atoms with van der Waals surface area (Å²) in [6.07, 6.45) is 86.6. The summed E-state index contributed by atoms with van der Waals surface area (Å²) >= 11 is 0. The van der Waals surface area contributed by atoms with E-state index in [0.29, 0.717) is 19.3 Å². The lowest BCUT2D eigenvalue weighted by molar-refractivity contribution is -0.167. The molecule has 0 fully saturated rings. The van der Waals surface area contributed by atoms with Crippen LogP contribution < -0.4 is 0 Å². The number of carbonyl (C=O) groups is 3. The van der Waals surface area contributed by atoms with E-state index in [-0.39, 0.29) is 31.1 Å². The number of allylic oxidation sites excluding steroid dienone is 10. The summed E-state index contributed by atoms with van der Waals surface area (Å²) in [5, 5.41) is 0. The summed E-state index contributed by atoms with van der Waals surface area (Å²) in [5.74, 6) is -0.861. The third-order valence-corrected chi connectivity index (χ3v) is 15.5. The molecule has 0 N–H and O–H groups in total. The van der Waals surface area contributed by atoms with E-state index in [0.717, 1.165) is 70.6 Å². The van der Waals surface area contributed by atoms with Gasteiger partial charge in [0.15, 0.2) is 6.10 Å². The Balaban J connectivity index is 4.35. The highest BCUT2D eigenvalue weighted by Gasteiger charge is 2.19. The number of rotatable bonds is 64. The fourth-order valence-electron chi connectivity index (χ4n) is 10.2. The molecule has 0 aliphatic carbocycles. The SMILES string of the molecule is CCCCC/C=C\C/C=C\CCCCCCCCCCCC(=O)OC(COC(=O)CCCCCCCCCCC/C=C\CCCCCCCC)COC(=O)CCCCCCCCCCCCC/C=C\C/C=C\CCCCCCC. The van der Waals surface area contributed by atoms with E-state index in [1.54, 1.807) is 0 Å². The van der Waals surface area contributed by atoms with Crippen LogP contribution in [0, 0.1) is 0 Å². The molecule has 6 nitrogen and oxygen atoms in total. The van der Waals surface area contributed by atoms with Gasteiger partial charge in [0.05, 0.1) is 0 Å². The van der Waals surface area contributed by atoms with E-state index in [2.05, 4.69) is 81.5 Å². The van der Waals surface area contributed by atoms with Crippen LogP contribution in [0.2, 0.25) is 0 Å². The molecular formula is C73H132O6. The highest BCUT2D eigenvalue weighted by atomic mass is 16.6. The summed E-state index contributed by atoms with van der Waals surface area (Å²) < 4.78 is 17.0. The lowest BCUT2D eigenvalue weighted by atomic mass is 10.0. The summed E-state index contributed by atoms with van der Waals surface area (Å²) in [6.45, 7) is 6.65. The van der Waals surface area contributed by atoms with Gasteiger partial charge in [-0.05, 0) is 109 Å². The third kappa shape index (κ3) is 65.8. The van der Waals surface area contributed by atoms with Gasteiger partial charge >= 0.3 is 17.9 Å². The summed E-state index contributed by atoms with van der Waals surface area (Å²) in [5.41, 5.74) is 0. The fraction of sp³-hybridized carbons (Fsp3) is 0.822. The van der Waals surface area contributed by atoms with Crippen LogP contribution >= 0.6 is 0 Å². The van der Waals surface area contributed by atoms with Crippen molar-refractivity contribution in [3.05, 3.63) is 60.8 Å². The first-order valence-corrected chi connectivity index (χ1v) is 34.8. The van der Waals surface area contributed by atoms with Gasteiger partial charge in [0, 0.05) is 19.3 Å². The molecule has 0 radical (unpaired) electrons. The molecule has 0 aliphatic rings. The van der Waals surface area contributed by atoms with E-state index in [1.165, 1.54) is 257 Å². The Labute approximate surface area is 491 Å². The minimum Gasteiger partial charge on any atom is -0.462 e. The molecule has 0 saturated carbocycles. The first-order valence-electron chi connectivity index (χ1n) is 34.8. The second-order valence-corrected chi connectivity index (χ2v) is 23.4. The molecule has 0 rings (SSSR count). The Bertz CT molecular complexity index is 1410. The molecule has 460 valence electrons. The summed E-state index contributed by atoms with van der Waals surface area (Å²) in [7, 11) is 0. The molecule has 0 heterocycles. The predicted octanol–water partition coefficient (Wildman–Crippen LogP) is 23.9. The molecule has 0 saturated heterocycles. The highest BCUT2D eigenvalue weighted by Crippen LogP contribution is 2.17. The number of carbonyl (C=O) groups excluding carboxylic acids is 3. The van der Waals surface area contributed by atoms with Gasteiger partial charge in [0.25, 0.3) is 0 Å². The number of hydrogen-bond donors (Lipinski definition) is 0. The van der Waals surface area contributed by atoms with E-state index in [1.807, 2.05) is 0 Å². The van der Waals surface area contributed by atoms with Gasteiger partial charge in [0.2, 0.25) is 0 Å². The van der Waals surface area contributed by atoms with Crippen molar-refractivity contribution < 1.29 is 28.6 Å². The topological polar surface area (TPSA) is 78.9 Å². The number of unbranched alkanes of at least 4 members (excludes halogenated alkanes) is 43. The molecule has 0 aromatic heterocycles. The van der Waals surface area contributed by atoms with Crippen molar-refractivity contribution in [1.82, 2.24) is 0 Å². The lowest BCUT2D eigenvalue weighted by Gasteiger charge is -2.18. The molecule has 1 atom stereocenters. The molecule has 0 aromatic carbocycles. The van der Waals surface area contributed by atoms with E-state index in [9.17, 15) is 14.4 Å². The molecule has 79 heavy (non-hydrogen) atoms. The van der Waals surface area contributed by atoms with Crippen molar-refractivity contribution in [1.29, 1.82) is 0 Å². The van der Waals surface area contributed by atoms with Crippen molar-refractivity contribution in [2.24, 2.45) is 0 Å². The molecular weight excluding hydrogens is 973 g/mol. The van der Waals surface area contributed by atoms with Gasteiger partial charge < -0.3 is 14.2 Å². The van der Waals surface area contributed by atoms with Crippen molar-refractivity contribution >= 4 is 17.9 Å². The van der Waals surface area contributed by atoms with Crippen LogP contribution in [0.1, 0.15) is 367 Å². The van der Waals surface area contributed by atoms with Crippen LogP contribution in [0.25, 0.3) is 0 Å². The van der Waals surface area contributed by atoms with Crippen LogP contribution in [0.5, 0.6) is 0 Å². The Morgan fingerprint density at radius 3 is 0.734 bits per heavy atom. The van der Waals surface area contributed by atoms with Crippen molar-refractivity contribution in [3.63, 3.8) is 0 Å². The van der Waals surface area contributed by atoms with Crippen LogP contribution in [0.4, 0.5) is 0 Å². The maximum absolute atomic E-state index is 13.0. The van der Waals surface area contributed by atoms with Crippen molar-refractivity contribution in [2.45, 2.75) is 374 Å². The normalized spacial score (nSPS) is 12.4. The third-order valence-electron chi connectivity index (χ3n) is 15.5. The molecule has 0 amide bonds. The molecule has 0 bridgehead atoms. The standard InChI is InChI=1S/C73H132O6/c1-4-7-10-13-16-19-22-25-28-31-34-35-36-37-40-42-45-48-51-54-57-60-63-66-72(75)78-69-70(79-73(76)67-64-61-58-55-52-49-46-43-39-33-30-27-24-21-18-15-12-9-6-3)68-77-71(74)65-62-59-56-53-50-47-44-41-38-32-29-26-23-20-17-14-11-8-5-2/h18,21-22,25-27,29-31,34,70H,4-17,19-20,23-24,28,32-33,35-69H2,1-3H3/b21-18-,25-22-,29-26-,30-27-,34-31-. The largest absolute Gasteiger partial charge is 0.462 e. The van der Waals surface area contributed by atoms with Crippen LogP contribution in [0.3, 0.4) is 0 Å². The van der Waals surface area contributed by atoms with Gasteiger partial charge in [-0.15, -0.1) is 0 Å². The van der Waals surface area contributed by atoms with Gasteiger partial charge in [-0.2, -0.15) is 0 Å². The second kappa shape index (κ2) is 67.6. The number of ether oxygens (including phenoxy) is 3. The first-order chi connectivity index (χ1) is 39.0. The van der Waals surface area contributed by atoms with Crippen molar-refractivity contribution in [2.75, 3.05) is 13.2 Å². The maximum atomic E-state index is 13.0. The Morgan fingerprint density at radius 2 is 0.456 bits per heavy atom. The zero-order valence-electron chi connectivity index (χ0n) is 52.9. The van der Waals surface area contributed by atoms with Gasteiger partial charge in [-0.3, -0.25) is 14.4 Å². The zero-order chi connectivity index (χ0) is 57.1. The number of hydrogen-bond acceptors (Lipinski definition) is 6. The monoisotopic (exact) mass is 1110 g/mol. The molecule has 0 aliphatic heterocycles. The Morgan fingerprint density at radius 1 is 0.253 bits per heavy atom. The highest BCUT2D eigenvalue weighted by molar-refractivity contribution is 5.71. The fourth-order valence-corrected chi connectivity index (χ4v) is 10.2. The lowest BCUT2D eigenvalue weighted by Crippen LogP contribution is -2.30. The average molecular weight is 1110 g/mol. The Hall–Kier alpha value is -2.89. The summed E-state index contributed by atoms with van der Waals surface area (Å²) in [6, 6.07) is 0. The minimum atomic E-state index is -0.780. The van der Waals surface area contributed by atoms with Crippen LogP contribution in [-0.4, -0.2) is 37.2 Å². The quantitative estimate of drug-likeness (QED) is 0.0261. The van der Waals surface area contributed by atoms with Gasteiger partial charge in [0.1, 0.15) is 13.2 Å². The predicted molar refractivity (Wildman–Crippen MR) is 344 cm³/mol. The minimum absolute atomic E-state index is 0.0750. The molecule has 1 unspecified atom stereocenters. The first kappa shape index (κ1) is 76.1. The van der Waals surface area contributed by atoms with E-state index < -0.39 is 6.10 Å². The average Bonchev–Trinajstić information content (AvgIpc) is 3.45. The smallest absolute Gasteiger partial charge is 0.306 e. The van der Waals surface area contributed by atoms with Crippen molar-refractivity contribution in [3.8, 4) is 0 Å². The second-order valence-electron chi connectivity index (χ2n) is 23.4.